The molecule has 1 N–H and O–H groups in total. The number of rotatable bonds is 8. The first-order valence-electron chi connectivity index (χ1n) is 7.83. The Morgan fingerprint density at radius 3 is 2.61 bits per heavy atom. The molecular formula is C15H15ClF3NO6S2. The van der Waals surface area contributed by atoms with Crippen molar-refractivity contribution in [2.24, 2.45) is 0 Å². The average molecular weight is 462 g/mol. The predicted octanol–water partition coefficient (Wildman–Crippen LogP) is 4.43. The second-order valence-corrected chi connectivity index (χ2v) is 8.80. The highest BCUT2D eigenvalue weighted by Crippen LogP contribution is 2.43. The van der Waals surface area contributed by atoms with Crippen molar-refractivity contribution in [3.63, 3.8) is 0 Å². The molecule has 1 unspecified atom stereocenters. The highest BCUT2D eigenvalue weighted by Gasteiger charge is 2.49. The van der Waals surface area contributed by atoms with Gasteiger partial charge in [-0.15, -0.1) is 0 Å². The van der Waals surface area contributed by atoms with Crippen molar-refractivity contribution in [2.75, 3.05) is 6.61 Å². The zero-order valence-electron chi connectivity index (χ0n) is 14.5. The van der Waals surface area contributed by atoms with E-state index in [-0.39, 0.29) is 32.4 Å². The zero-order valence-corrected chi connectivity index (χ0v) is 16.9. The summed E-state index contributed by atoms with van der Waals surface area (Å²) in [6.45, 7) is 3.22. The van der Waals surface area contributed by atoms with E-state index in [0.717, 1.165) is 0 Å². The van der Waals surface area contributed by atoms with Crippen molar-refractivity contribution in [3.05, 3.63) is 21.7 Å². The van der Waals surface area contributed by atoms with Crippen molar-refractivity contribution in [3.8, 4) is 5.75 Å². The lowest BCUT2D eigenvalue weighted by atomic mass is 10.0. The molecule has 0 aliphatic rings. The third-order valence-corrected chi connectivity index (χ3v) is 5.73. The van der Waals surface area contributed by atoms with E-state index < -0.39 is 33.4 Å². The predicted molar refractivity (Wildman–Crippen MR) is 96.2 cm³/mol. The number of unbranched alkanes of at least 4 members (excludes halogenated alkanes) is 1. The third kappa shape index (κ3) is 4.67. The number of aliphatic carboxylic acids is 1. The molecule has 0 aliphatic heterocycles. The zero-order chi connectivity index (χ0) is 21.3. The molecule has 1 aromatic carbocycles. The minimum absolute atomic E-state index is 0.000148. The molecule has 1 heterocycles. The molecule has 0 fully saturated rings. The van der Waals surface area contributed by atoms with Crippen LogP contribution >= 0.6 is 22.9 Å². The van der Waals surface area contributed by atoms with Gasteiger partial charge in [-0.3, -0.25) is 0 Å². The Kier molecular flexibility index (Phi) is 6.79. The van der Waals surface area contributed by atoms with Crippen molar-refractivity contribution >= 4 is 49.2 Å². The van der Waals surface area contributed by atoms with Gasteiger partial charge in [0.2, 0.25) is 0 Å². The molecule has 0 aliphatic carbocycles. The average Bonchev–Trinajstić information content (AvgIpc) is 2.91. The first-order valence-corrected chi connectivity index (χ1v) is 10.4. The minimum Gasteiger partial charge on any atom is -0.479 e. The van der Waals surface area contributed by atoms with Gasteiger partial charge in [0, 0.05) is 12.2 Å². The Morgan fingerprint density at radius 1 is 1.43 bits per heavy atom. The standard InChI is InChI=1S/C15H15ClF3NO6S2/c1-3-4-5-25-11(13(21)22)9-7(2)6-8-12(27-14(16)20-8)10(9)26-28(23,24)15(17,18)19/h6,11H,3-5H2,1-2H3,(H,21,22). The molecule has 0 spiro atoms. The Morgan fingerprint density at radius 2 is 2.07 bits per heavy atom. The molecular weight excluding hydrogens is 447 g/mol. The van der Waals surface area contributed by atoms with Gasteiger partial charge in [0.15, 0.2) is 16.3 Å². The van der Waals surface area contributed by atoms with Gasteiger partial charge < -0.3 is 14.0 Å². The van der Waals surface area contributed by atoms with Gasteiger partial charge in [0.05, 0.1) is 10.2 Å². The fraction of sp³-hybridized carbons (Fsp3) is 0.467. The molecule has 0 amide bonds. The minimum atomic E-state index is -6.07. The van der Waals surface area contributed by atoms with Crippen LogP contribution in [0.15, 0.2) is 6.07 Å². The highest BCUT2D eigenvalue weighted by atomic mass is 35.5. The lowest BCUT2D eigenvalue weighted by Gasteiger charge is -2.20. The van der Waals surface area contributed by atoms with Crippen molar-refractivity contribution in [1.29, 1.82) is 0 Å². The lowest BCUT2D eigenvalue weighted by molar-refractivity contribution is -0.151. The molecule has 0 bridgehead atoms. The number of benzene rings is 1. The van der Waals surface area contributed by atoms with Gasteiger partial charge in [-0.1, -0.05) is 36.3 Å². The summed E-state index contributed by atoms with van der Waals surface area (Å²) in [4.78, 5) is 15.6. The van der Waals surface area contributed by atoms with E-state index in [4.69, 9.17) is 16.3 Å². The van der Waals surface area contributed by atoms with E-state index in [0.29, 0.717) is 24.2 Å². The van der Waals surface area contributed by atoms with Gasteiger partial charge in [0.1, 0.15) is 0 Å². The van der Waals surface area contributed by atoms with Crippen LogP contribution in [0.2, 0.25) is 4.47 Å². The molecule has 0 radical (unpaired) electrons. The van der Waals surface area contributed by atoms with Crippen LogP contribution in [0.4, 0.5) is 13.2 Å². The molecule has 1 aromatic heterocycles. The van der Waals surface area contributed by atoms with Crippen molar-refractivity contribution in [1.82, 2.24) is 4.98 Å². The normalized spacial score (nSPS) is 13.6. The van der Waals surface area contributed by atoms with Crippen molar-refractivity contribution in [2.45, 2.75) is 38.3 Å². The van der Waals surface area contributed by atoms with E-state index in [1.807, 2.05) is 6.92 Å². The monoisotopic (exact) mass is 461 g/mol. The van der Waals surface area contributed by atoms with E-state index >= 15 is 0 Å². The van der Waals surface area contributed by atoms with Gasteiger partial charge in [-0.05, 0) is 25.0 Å². The summed E-state index contributed by atoms with van der Waals surface area (Å²) < 4.78 is 71.2. The van der Waals surface area contributed by atoms with Crippen LogP contribution in [0.3, 0.4) is 0 Å². The van der Waals surface area contributed by atoms with Gasteiger partial charge in [-0.25, -0.2) is 9.78 Å². The summed E-state index contributed by atoms with van der Waals surface area (Å²) in [5.41, 5.74) is -5.85. The van der Waals surface area contributed by atoms with E-state index in [9.17, 15) is 31.5 Å². The van der Waals surface area contributed by atoms with Gasteiger partial charge in [-0.2, -0.15) is 21.6 Å². The fourth-order valence-corrected chi connectivity index (χ4v) is 3.97. The summed E-state index contributed by atoms with van der Waals surface area (Å²) in [5.74, 6) is -2.32. The molecule has 7 nitrogen and oxygen atoms in total. The van der Waals surface area contributed by atoms with E-state index in [1.165, 1.54) is 13.0 Å². The van der Waals surface area contributed by atoms with E-state index in [1.54, 1.807) is 0 Å². The van der Waals surface area contributed by atoms with Crippen molar-refractivity contribution < 1.29 is 40.4 Å². The second kappa shape index (κ2) is 8.39. The maximum Gasteiger partial charge on any atom is 0.534 e. The number of carbonyl (C=O) groups is 1. The molecule has 0 saturated heterocycles. The van der Waals surface area contributed by atoms with Gasteiger partial charge >= 0.3 is 21.6 Å². The Labute approximate surface area is 167 Å². The van der Waals surface area contributed by atoms with Gasteiger partial charge in [0.25, 0.3) is 0 Å². The number of hydrogen-bond acceptors (Lipinski definition) is 7. The summed E-state index contributed by atoms with van der Waals surface area (Å²) in [6.07, 6.45) is -0.565. The highest BCUT2D eigenvalue weighted by molar-refractivity contribution is 7.88. The maximum absolute atomic E-state index is 12.9. The second-order valence-electron chi connectivity index (χ2n) is 5.68. The Balaban J connectivity index is 2.73. The topological polar surface area (TPSA) is 103 Å². The molecule has 2 aromatic rings. The number of thiazole rings is 1. The number of ether oxygens (including phenoxy) is 1. The smallest absolute Gasteiger partial charge is 0.479 e. The van der Waals surface area contributed by atoms with Crippen LogP contribution < -0.4 is 4.18 Å². The largest absolute Gasteiger partial charge is 0.534 e. The summed E-state index contributed by atoms with van der Waals surface area (Å²) >= 11 is 6.46. The number of carboxylic acids is 1. The number of nitrogens with zero attached hydrogens (tertiary/aromatic N) is 1. The fourth-order valence-electron chi connectivity index (χ4n) is 2.34. The number of aryl methyl sites for hydroxylation is 1. The Hall–Kier alpha value is -1.63. The molecule has 2 rings (SSSR count). The third-order valence-electron chi connectivity index (χ3n) is 3.60. The Bertz CT molecular complexity index is 990. The quantitative estimate of drug-likeness (QED) is 0.352. The van der Waals surface area contributed by atoms with Crippen LogP contribution in [0, 0.1) is 6.92 Å². The molecule has 13 heteroatoms. The molecule has 156 valence electrons. The first-order chi connectivity index (χ1) is 12.9. The molecule has 0 saturated carbocycles. The summed E-state index contributed by atoms with van der Waals surface area (Å²) in [5, 5.41) is 9.52. The lowest BCUT2D eigenvalue weighted by Crippen LogP contribution is -2.29. The summed E-state index contributed by atoms with van der Waals surface area (Å²) in [6, 6.07) is 1.37. The van der Waals surface area contributed by atoms with Crippen LogP contribution in [0.5, 0.6) is 5.75 Å². The number of hydrogen-bond donors (Lipinski definition) is 1. The maximum atomic E-state index is 12.9. The molecule has 1 atom stereocenters. The van der Waals surface area contributed by atoms with Crippen LogP contribution in [0.1, 0.15) is 37.0 Å². The van der Waals surface area contributed by atoms with Crippen LogP contribution in [-0.4, -0.2) is 36.6 Å². The number of carboxylic acid groups (broad SMARTS) is 1. The van der Waals surface area contributed by atoms with E-state index in [2.05, 4.69) is 9.17 Å². The number of alkyl halides is 3. The SMILES string of the molecule is CCCCOC(C(=O)O)c1c(C)cc2nc(Cl)sc2c1OS(=O)(=O)C(F)(F)F. The summed E-state index contributed by atoms with van der Waals surface area (Å²) in [7, 11) is -6.07. The number of halogens is 4. The number of aromatic nitrogens is 1. The van der Waals surface area contributed by atoms with Crippen LogP contribution in [0.25, 0.3) is 10.2 Å². The molecule has 28 heavy (non-hydrogen) atoms. The number of fused-ring (bicyclic) bond motifs is 1. The van der Waals surface area contributed by atoms with Crippen LogP contribution in [-0.2, 0) is 19.6 Å². The first kappa shape index (κ1) is 22.7.